The maximum Gasteiger partial charge on any atom is 0.303 e. The molecule has 2 rings (SSSR count). The van der Waals surface area contributed by atoms with Crippen LogP contribution in [0.3, 0.4) is 0 Å². The molecule has 0 aliphatic heterocycles. The largest absolute Gasteiger partial charge is 0.494 e. The van der Waals surface area contributed by atoms with E-state index in [1.54, 1.807) is 0 Å². The zero-order valence-corrected chi connectivity index (χ0v) is 13.2. The quantitative estimate of drug-likeness (QED) is 0.676. The predicted molar refractivity (Wildman–Crippen MR) is 89.5 cm³/mol. The third kappa shape index (κ3) is 4.48. The van der Waals surface area contributed by atoms with E-state index in [0.29, 0.717) is 6.61 Å². The van der Waals surface area contributed by atoms with Crippen LogP contribution in [0.15, 0.2) is 36.4 Å². The third-order valence-corrected chi connectivity index (χ3v) is 3.86. The molecule has 0 amide bonds. The van der Waals surface area contributed by atoms with Crippen molar-refractivity contribution >= 4 is 16.7 Å². The molecule has 0 spiro atoms. The number of benzene rings is 2. The van der Waals surface area contributed by atoms with Crippen molar-refractivity contribution in [3.05, 3.63) is 42.0 Å². The van der Waals surface area contributed by atoms with Crippen molar-refractivity contribution in [2.24, 2.45) is 0 Å². The molecule has 118 valence electrons. The average molecular weight is 300 g/mol. The minimum atomic E-state index is -0.701. The number of ether oxygens (including phenoxy) is 1. The molecule has 0 aromatic heterocycles. The second-order valence-electron chi connectivity index (χ2n) is 5.50. The van der Waals surface area contributed by atoms with E-state index >= 15 is 0 Å². The lowest BCUT2D eigenvalue weighted by molar-refractivity contribution is -0.137. The Morgan fingerprint density at radius 1 is 1.05 bits per heavy atom. The molecule has 3 nitrogen and oxygen atoms in total. The maximum absolute atomic E-state index is 10.5. The van der Waals surface area contributed by atoms with Crippen LogP contribution < -0.4 is 4.74 Å². The van der Waals surface area contributed by atoms with E-state index in [9.17, 15) is 4.79 Å². The molecular weight excluding hydrogens is 276 g/mol. The van der Waals surface area contributed by atoms with Gasteiger partial charge >= 0.3 is 5.97 Å². The molecule has 0 saturated carbocycles. The summed E-state index contributed by atoms with van der Waals surface area (Å²) in [6.07, 6.45) is 5.11. The second-order valence-corrected chi connectivity index (χ2v) is 5.50. The van der Waals surface area contributed by atoms with Crippen LogP contribution in [-0.2, 0) is 11.2 Å². The smallest absolute Gasteiger partial charge is 0.303 e. The maximum atomic E-state index is 10.5. The molecular formula is C19H24O3. The second kappa shape index (κ2) is 8.42. The molecule has 0 saturated heterocycles. The first-order valence-electron chi connectivity index (χ1n) is 8.07. The van der Waals surface area contributed by atoms with Gasteiger partial charge in [0.1, 0.15) is 5.75 Å². The normalized spacial score (nSPS) is 10.8. The summed E-state index contributed by atoms with van der Waals surface area (Å²) in [7, 11) is 0. The van der Waals surface area contributed by atoms with Crippen molar-refractivity contribution in [2.75, 3.05) is 6.61 Å². The fourth-order valence-corrected chi connectivity index (χ4v) is 2.80. The number of unbranched alkanes of at least 4 members (excludes halogenated alkanes) is 3. The molecule has 0 radical (unpaired) electrons. The molecule has 0 heterocycles. The number of fused-ring (bicyclic) bond motifs is 1. The van der Waals surface area contributed by atoms with E-state index in [0.717, 1.165) is 37.9 Å². The van der Waals surface area contributed by atoms with Crippen LogP contribution >= 0.6 is 0 Å². The van der Waals surface area contributed by atoms with Crippen LogP contribution in [0.2, 0.25) is 0 Å². The van der Waals surface area contributed by atoms with Gasteiger partial charge in [0.05, 0.1) is 6.61 Å². The summed E-state index contributed by atoms with van der Waals surface area (Å²) in [5, 5.41) is 11.2. The van der Waals surface area contributed by atoms with Gasteiger partial charge in [0.15, 0.2) is 0 Å². The van der Waals surface area contributed by atoms with Crippen LogP contribution in [0.25, 0.3) is 10.8 Å². The first kappa shape index (κ1) is 16.3. The highest BCUT2D eigenvalue weighted by atomic mass is 16.5. The van der Waals surface area contributed by atoms with Crippen molar-refractivity contribution in [1.29, 1.82) is 0 Å². The molecule has 0 fully saturated rings. The minimum Gasteiger partial charge on any atom is -0.494 e. The molecule has 0 aliphatic carbocycles. The minimum absolute atomic E-state index is 0.276. The number of aliphatic carboxylic acids is 1. The van der Waals surface area contributed by atoms with Crippen LogP contribution in [0.4, 0.5) is 0 Å². The Balaban J connectivity index is 2.01. The van der Waals surface area contributed by atoms with Crippen LogP contribution in [0.1, 0.15) is 44.6 Å². The van der Waals surface area contributed by atoms with E-state index < -0.39 is 5.97 Å². The summed E-state index contributed by atoms with van der Waals surface area (Å²) in [6.45, 7) is 2.68. The summed E-state index contributed by atoms with van der Waals surface area (Å²) < 4.78 is 5.78. The van der Waals surface area contributed by atoms with Crippen molar-refractivity contribution in [2.45, 2.75) is 45.4 Å². The van der Waals surface area contributed by atoms with Gasteiger partial charge in [-0.15, -0.1) is 0 Å². The lowest BCUT2D eigenvalue weighted by atomic mass is 9.98. The van der Waals surface area contributed by atoms with E-state index in [4.69, 9.17) is 9.84 Å². The van der Waals surface area contributed by atoms with E-state index in [1.807, 2.05) is 6.92 Å². The molecule has 3 heteroatoms. The highest BCUT2D eigenvalue weighted by molar-refractivity contribution is 5.87. The third-order valence-electron chi connectivity index (χ3n) is 3.86. The van der Waals surface area contributed by atoms with E-state index in [-0.39, 0.29) is 6.42 Å². The van der Waals surface area contributed by atoms with Gasteiger partial charge in [-0.3, -0.25) is 4.79 Å². The molecule has 2 aromatic carbocycles. The van der Waals surface area contributed by atoms with Gasteiger partial charge in [0.25, 0.3) is 0 Å². The van der Waals surface area contributed by atoms with E-state index in [2.05, 4.69) is 36.4 Å². The summed E-state index contributed by atoms with van der Waals surface area (Å²) >= 11 is 0. The van der Waals surface area contributed by atoms with Gasteiger partial charge in [-0.2, -0.15) is 0 Å². The van der Waals surface area contributed by atoms with Crippen molar-refractivity contribution in [3.63, 3.8) is 0 Å². The highest BCUT2D eigenvalue weighted by Gasteiger charge is 2.08. The van der Waals surface area contributed by atoms with Gasteiger partial charge in [-0.05, 0) is 43.0 Å². The predicted octanol–water partition coefficient (Wildman–Crippen LogP) is 4.82. The molecule has 1 N–H and O–H groups in total. The van der Waals surface area contributed by atoms with Gasteiger partial charge in [-0.1, -0.05) is 43.2 Å². The monoisotopic (exact) mass is 300 g/mol. The molecule has 22 heavy (non-hydrogen) atoms. The Morgan fingerprint density at radius 3 is 2.59 bits per heavy atom. The SMILES string of the molecule is CCOc1ccc2ccccc2c1CCCCCCC(=O)O. The van der Waals surface area contributed by atoms with Crippen LogP contribution in [0, 0.1) is 0 Å². The Hall–Kier alpha value is -2.03. The van der Waals surface area contributed by atoms with Crippen LogP contribution in [0.5, 0.6) is 5.75 Å². The van der Waals surface area contributed by atoms with Crippen molar-refractivity contribution in [3.8, 4) is 5.75 Å². The fourth-order valence-electron chi connectivity index (χ4n) is 2.80. The Bertz CT molecular complexity index is 619. The topological polar surface area (TPSA) is 46.5 Å². The van der Waals surface area contributed by atoms with E-state index in [1.165, 1.54) is 16.3 Å². The number of carboxylic acid groups (broad SMARTS) is 1. The lowest BCUT2D eigenvalue weighted by Crippen LogP contribution is -1.98. The molecule has 2 aromatic rings. The number of carbonyl (C=O) groups is 1. The highest BCUT2D eigenvalue weighted by Crippen LogP contribution is 2.29. The fraction of sp³-hybridized carbons (Fsp3) is 0.421. The number of hydrogen-bond donors (Lipinski definition) is 1. The van der Waals surface area contributed by atoms with Gasteiger partial charge < -0.3 is 9.84 Å². The first-order chi connectivity index (χ1) is 10.7. The summed E-state index contributed by atoms with van der Waals surface area (Å²) in [5.74, 6) is 0.277. The summed E-state index contributed by atoms with van der Waals surface area (Å²) in [6, 6.07) is 12.6. The zero-order chi connectivity index (χ0) is 15.8. The molecule has 0 atom stereocenters. The molecule has 0 aliphatic rings. The molecule has 0 bridgehead atoms. The van der Waals surface area contributed by atoms with Crippen molar-refractivity contribution in [1.82, 2.24) is 0 Å². The standard InChI is InChI=1S/C19H24O3/c1-2-22-18-14-13-15-9-7-8-10-16(15)17(18)11-5-3-4-6-12-19(20)21/h7-10,13-14H,2-6,11-12H2,1H3,(H,20,21). The summed E-state index contributed by atoms with van der Waals surface area (Å²) in [4.78, 5) is 10.5. The van der Waals surface area contributed by atoms with Gasteiger partial charge in [0.2, 0.25) is 0 Å². The van der Waals surface area contributed by atoms with Gasteiger partial charge in [0, 0.05) is 12.0 Å². The van der Waals surface area contributed by atoms with Gasteiger partial charge in [-0.25, -0.2) is 0 Å². The molecule has 0 unspecified atom stereocenters. The lowest BCUT2D eigenvalue weighted by Gasteiger charge is -2.13. The Kier molecular flexibility index (Phi) is 6.26. The summed E-state index contributed by atoms with van der Waals surface area (Å²) in [5.41, 5.74) is 1.28. The number of rotatable bonds is 9. The van der Waals surface area contributed by atoms with Crippen molar-refractivity contribution < 1.29 is 14.6 Å². The number of hydrogen-bond acceptors (Lipinski definition) is 2. The average Bonchev–Trinajstić information content (AvgIpc) is 2.52. The van der Waals surface area contributed by atoms with Crippen LogP contribution in [-0.4, -0.2) is 17.7 Å². The number of aryl methyl sites for hydroxylation is 1. The first-order valence-corrected chi connectivity index (χ1v) is 8.07. The zero-order valence-electron chi connectivity index (χ0n) is 13.2. The number of carboxylic acids is 1. The Labute approximate surface area is 131 Å². The Morgan fingerprint density at radius 2 is 1.82 bits per heavy atom.